The second kappa shape index (κ2) is 9.41. The van der Waals surface area contributed by atoms with E-state index in [1.54, 1.807) is 19.1 Å². The standard InChI is InChI=1S/C27H29FN4O2/c1-18-7-6-8-20(15-18)26(33)32-14-11-24-22(17-32)25(34-21-9-10-23(28)19(2)16-21)30-27(29-24)31-12-4-3-5-13-31/h6-10,15-16H,3-5,11-14,17H2,1-2H3. The Morgan fingerprint density at radius 1 is 1.00 bits per heavy atom. The van der Waals surface area contributed by atoms with Gasteiger partial charge < -0.3 is 14.5 Å². The number of benzene rings is 2. The number of aryl methyl sites for hydroxylation is 2. The van der Waals surface area contributed by atoms with Crippen LogP contribution in [0.3, 0.4) is 0 Å². The third-order valence-electron chi connectivity index (χ3n) is 6.55. The Morgan fingerprint density at radius 2 is 1.82 bits per heavy atom. The predicted molar refractivity (Wildman–Crippen MR) is 129 cm³/mol. The topological polar surface area (TPSA) is 58.6 Å². The molecule has 2 aromatic carbocycles. The molecular formula is C27H29FN4O2. The van der Waals surface area contributed by atoms with Crippen LogP contribution in [0.25, 0.3) is 0 Å². The van der Waals surface area contributed by atoms with E-state index in [0.717, 1.165) is 42.8 Å². The van der Waals surface area contributed by atoms with E-state index in [1.807, 2.05) is 36.1 Å². The number of carbonyl (C=O) groups is 1. The summed E-state index contributed by atoms with van der Waals surface area (Å²) in [6.07, 6.45) is 4.09. The van der Waals surface area contributed by atoms with Crippen molar-refractivity contribution in [3.8, 4) is 11.6 Å². The minimum atomic E-state index is -0.277. The Morgan fingerprint density at radius 3 is 2.59 bits per heavy atom. The molecular weight excluding hydrogens is 431 g/mol. The first-order chi connectivity index (χ1) is 16.5. The predicted octanol–water partition coefficient (Wildman–Crippen LogP) is 5.21. The molecule has 3 aromatic rings. The average Bonchev–Trinajstić information content (AvgIpc) is 2.86. The number of aromatic nitrogens is 2. The van der Waals surface area contributed by atoms with E-state index in [9.17, 15) is 9.18 Å². The monoisotopic (exact) mass is 460 g/mol. The zero-order chi connectivity index (χ0) is 23.7. The Bertz CT molecular complexity index is 1220. The molecule has 1 aromatic heterocycles. The fraction of sp³-hybridized carbons (Fsp3) is 0.370. The Kier molecular flexibility index (Phi) is 6.18. The average molecular weight is 461 g/mol. The van der Waals surface area contributed by atoms with Gasteiger partial charge >= 0.3 is 0 Å². The molecule has 0 aliphatic carbocycles. The minimum Gasteiger partial charge on any atom is -0.438 e. The lowest BCUT2D eigenvalue weighted by atomic mass is 10.0. The van der Waals surface area contributed by atoms with E-state index in [0.29, 0.717) is 48.2 Å². The highest BCUT2D eigenvalue weighted by Gasteiger charge is 2.28. The number of nitrogens with zero attached hydrogens (tertiary/aromatic N) is 4. The normalized spacial score (nSPS) is 15.7. The fourth-order valence-corrected chi connectivity index (χ4v) is 4.62. The van der Waals surface area contributed by atoms with Crippen LogP contribution >= 0.6 is 0 Å². The molecule has 1 fully saturated rings. The van der Waals surface area contributed by atoms with Crippen LogP contribution in [0.2, 0.25) is 0 Å². The molecule has 3 heterocycles. The van der Waals surface area contributed by atoms with Gasteiger partial charge in [0.2, 0.25) is 11.8 Å². The smallest absolute Gasteiger partial charge is 0.254 e. The molecule has 1 saturated heterocycles. The van der Waals surface area contributed by atoms with Crippen LogP contribution in [-0.4, -0.2) is 40.4 Å². The van der Waals surface area contributed by atoms with Crippen LogP contribution in [0.5, 0.6) is 11.6 Å². The summed E-state index contributed by atoms with van der Waals surface area (Å²) >= 11 is 0. The minimum absolute atomic E-state index is 0.0157. The van der Waals surface area contributed by atoms with E-state index < -0.39 is 0 Å². The molecule has 0 spiro atoms. The first kappa shape index (κ1) is 22.3. The fourth-order valence-electron chi connectivity index (χ4n) is 4.62. The first-order valence-electron chi connectivity index (χ1n) is 11.9. The molecule has 1 amide bonds. The van der Waals surface area contributed by atoms with E-state index in [4.69, 9.17) is 14.7 Å². The lowest BCUT2D eigenvalue weighted by molar-refractivity contribution is 0.0732. The molecule has 176 valence electrons. The van der Waals surface area contributed by atoms with Gasteiger partial charge in [0, 0.05) is 31.6 Å². The van der Waals surface area contributed by atoms with Crippen molar-refractivity contribution in [1.82, 2.24) is 14.9 Å². The van der Waals surface area contributed by atoms with Crippen LogP contribution in [0.1, 0.15) is 52.0 Å². The second-order valence-corrected chi connectivity index (χ2v) is 9.16. The van der Waals surface area contributed by atoms with Crippen LogP contribution in [-0.2, 0) is 13.0 Å². The lowest BCUT2D eigenvalue weighted by Gasteiger charge is -2.32. The largest absolute Gasteiger partial charge is 0.438 e. The highest BCUT2D eigenvalue weighted by atomic mass is 19.1. The summed E-state index contributed by atoms with van der Waals surface area (Å²) < 4.78 is 20.0. The van der Waals surface area contributed by atoms with E-state index in [-0.39, 0.29) is 11.7 Å². The molecule has 0 saturated carbocycles. The van der Waals surface area contributed by atoms with E-state index in [2.05, 4.69) is 4.90 Å². The number of amides is 1. The first-order valence-corrected chi connectivity index (χ1v) is 11.9. The van der Waals surface area contributed by atoms with Gasteiger partial charge in [-0.2, -0.15) is 4.98 Å². The number of hydrogen-bond donors (Lipinski definition) is 0. The van der Waals surface area contributed by atoms with Crippen molar-refractivity contribution in [1.29, 1.82) is 0 Å². The molecule has 0 bridgehead atoms. The maximum atomic E-state index is 13.8. The van der Waals surface area contributed by atoms with Gasteiger partial charge in [-0.3, -0.25) is 4.79 Å². The zero-order valence-corrected chi connectivity index (χ0v) is 19.7. The Labute approximate surface area is 199 Å². The molecule has 6 nitrogen and oxygen atoms in total. The Hall–Kier alpha value is -3.48. The number of fused-ring (bicyclic) bond motifs is 1. The van der Waals surface area contributed by atoms with Crippen molar-refractivity contribution in [2.45, 2.75) is 46.1 Å². The number of ether oxygens (including phenoxy) is 1. The summed E-state index contributed by atoms with van der Waals surface area (Å²) in [6, 6.07) is 12.3. The number of halogens is 1. The quantitative estimate of drug-likeness (QED) is 0.535. The maximum absolute atomic E-state index is 13.8. The van der Waals surface area contributed by atoms with Gasteiger partial charge in [-0.15, -0.1) is 0 Å². The van der Waals surface area contributed by atoms with E-state index in [1.165, 1.54) is 12.5 Å². The van der Waals surface area contributed by atoms with Crippen molar-refractivity contribution in [3.05, 3.63) is 76.2 Å². The van der Waals surface area contributed by atoms with Gasteiger partial charge in [0.15, 0.2) is 0 Å². The van der Waals surface area contributed by atoms with Gasteiger partial charge in [-0.1, -0.05) is 17.7 Å². The van der Waals surface area contributed by atoms with Gasteiger partial charge in [-0.25, -0.2) is 9.37 Å². The van der Waals surface area contributed by atoms with Crippen molar-refractivity contribution >= 4 is 11.9 Å². The van der Waals surface area contributed by atoms with Gasteiger partial charge in [0.25, 0.3) is 5.91 Å². The second-order valence-electron chi connectivity index (χ2n) is 9.16. The molecule has 0 N–H and O–H groups in total. The number of rotatable bonds is 4. The van der Waals surface area contributed by atoms with Crippen molar-refractivity contribution in [2.24, 2.45) is 0 Å². The molecule has 0 unspecified atom stereocenters. The summed E-state index contributed by atoms with van der Waals surface area (Å²) in [6.45, 7) is 6.49. The van der Waals surface area contributed by atoms with Crippen LogP contribution in [0.4, 0.5) is 10.3 Å². The molecule has 0 atom stereocenters. The summed E-state index contributed by atoms with van der Waals surface area (Å²) in [7, 11) is 0. The summed E-state index contributed by atoms with van der Waals surface area (Å²) in [4.78, 5) is 26.9. The summed E-state index contributed by atoms with van der Waals surface area (Å²) in [5.41, 5.74) is 3.96. The van der Waals surface area contributed by atoms with Crippen LogP contribution in [0, 0.1) is 19.7 Å². The lowest BCUT2D eigenvalue weighted by Crippen LogP contribution is -2.37. The molecule has 0 radical (unpaired) electrons. The Balaban J connectivity index is 1.49. The van der Waals surface area contributed by atoms with Crippen molar-refractivity contribution in [2.75, 3.05) is 24.5 Å². The molecule has 2 aliphatic rings. The summed E-state index contributed by atoms with van der Waals surface area (Å²) in [5, 5.41) is 0. The highest BCUT2D eigenvalue weighted by Crippen LogP contribution is 2.33. The van der Waals surface area contributed by atoms with Crippen molar-refractivity contribution in [3.63, 3.8) is 0 Å². The number of hydrogen-bond acceptors (Lipinski definition) is 5. The van der Waals surface area contributed by atoms with Gasteiger partial charge in [-0.05, 0) is 69.0 Å². The zero-order valence-electron chi connectivity index (χ0n) is 19.7. The SMILES string of the molecule is Cc1cccc(C(=O)N2CCc3nc(N4CCCCC4)nc(Oc4ccc(F)c(C)c4)c3C2)c1. The molecule has 2 aliphatic heterocycles. The maximum Gasteiger partial charge on any atom is 0.254 e. The van der Waals surface area contributed by atoms with E-state index >= 15 is 0 Å². The third-order valence-corrected chi connectivity index (χ3v) is 6.55. The third kappa shape index (κ3) is 4.60. The summed E-state index contributed by atoms with van der Waals surface area (Å²) in [5.74, 6) is 1.34. The number of anilines is 1. The number of carbonyl (C=O) groups excluding carboxylic acids is 1. The molecule has 7 heteroatoms. The van der Waals surface area contributed by atoms with Gasteiger partial charge in [0.1, 0.15) is 11.6 Å². The van der Waals surface area contributed by atoms with Crippen LogP contribution < -0.4 is 9.64 Å². The highest BCUT2D eigenvalue weighted by molar-refractivity contribution is 5.94. The van der Waals surface area contributed by atoms with Crippen molar-refractivity contribution < 1.29 is 13.9 Å². The van der Waals surface area contributed by atoms with Gasteiger partial charge in [0.05, 0.1) is 17.8 Å². The number of piperidine rings is 1. The molecule has 5 rings (SSSR count). The van der Waals surface area contributed by atoms with Crippen LogP contribution in [0.15, 0.2) is 42.5 Å². The molecule has 34 heavy (non-hydrogen) atoms.